The lowest BCUT2D eigenvalue weighted by molar-refractivity contribution is 0.0796. The van der Waals surface area contributed by atoms with E-state index in [1.54, 1.807) is 42.5 Å². The number of ether oxygens (including phenoxy) is 1. The Labute approximate surface area is 226 Å². The third-order valence-corrected chi connectivity index (χ3v) is 7.18. The molecular formula is C29H38N4O4S. The molecule has 3 aromatic rings. The first-order valence-corrected chi connectivity index (χ1v) is 14.6. The number of amides is 1. The number of sulfonamides is 1. The predicted molar refractivity (Wildman–Crippen MR) is 151 cm³/mol. The largest absolute Gasteiger partial charge is 0.454 e. The molecule has 204 valence electrons. The normalized spacial score (nSPS) is 11.3. The minimum Gasteiger partial charge on any atom is -0.454 e. The van der Waals surface area contributed by atoms with Gasteiger partial charge < -0.3 is 14.5 Å². The second-order valence-electron chi connectivity index (χ2n) is 9.31. The standard InChI is InChI=1S/C29H38N4O4S/c1-4-6-17-33(18-7-5-2)26-20-24(29(34)32(3)19-15-23-12-11-16-31-22-23)21-27(38(30,35)36)28(26)37-25-13-9-8-10-14-25/h8-14,16,20-22H,4-7,15,17-19H2,1-3H3,(H2,30,35,36). The highest BCUT2D eigenvalue weighted by Crippen LogP contribution is 2.40. The third-order valence-electron chi connectivity index (χ3n) is 6.26. The molecule has 2 aromatic carbocycles. The SMILES string of the molecule is CCCCN(CCCC)c1cc(C(=O)N(C)CCc2cccnc2)cc(S(N)(=O)=O)c1Oc1ccccc1. The Bertz CT molecular complexity index is 1280. The Morgan fingerprint density at radius 1 is 0.974 bits per heavy atom. The summed E-state index contributed by atoms with van der Waals surface area (Å²) in [5.74, 6) is 0.329. The summed E-state index contributed by atoms with van der Waals surface area (Å²) in [7, 11) is -2.51. The predicted octanol–water partition coefficient (Wildman–Crippen LogP) is 5.24. The van der Waals surface area contributed by atoms with Gasteiger partial charge in [0.2, 0.25) is 10.0 Å². The van der Waals surface area contributed by atoms with Crippen molar-refractivity contribution in [2.24, 2.45) is 5.14 Å². The summed E-state index contributed by atoms with van der Waals surface area (Å²) in [6, 6.07) is 15.9. The molecule has 1 aromatic heterocycles. The van der Waals surface area contributed by atoms with Crippen molar-refractivity contribution in [3.8, 4) is 11.5 Å². The molecular weight excluding hydrogens is 500 g/mol. The highest BCUT2D eigenvalue weighted by atomic mass is 32.2. The van der Waals surface area contributed by atoms with Gasteiger partial charge in [-0.15, -0.1) is 0 Å². The molecule has 0 atom stereocenters. The van der Waals surface area contributed by atoms with Crippen LogP contribution >= 0.6 is 0 Å². The summed E-state index contributed by atoms with van der Waals surface area (Å²) in [6.45, 7) is 6.04. The summed E-state index contributed by atoms with van der Waals surface area (Å²) in [6.07, 6.45) is 7.84. The second kappa shape index (κ2) is 13.9. The maximum atomic E-state index is 13.5. The van der Waals surface area contributed by atoms with Crippen molar-refractivity contribution in [1.29, 1.82) is 0 Å². The molecule has 38 heavy (non-hydrogen) atoms. The maximum Gasteiger partial charge on any atom is 0.253 e. The summed E-state index contributed by atoms with van der Waals surface area (Å²) in [5, 5.41) is 5.70. The molecule has 1 heterocycles. The highest BCUT2D eigenvalue weighted by molar-refractivity contribution is 7.89. The lowest BCUT2D eigenvalue weighted by Crippen LogP contribution is -2.31. The van der Waals surface area contributed by atoms with Crippen LogP contribution < -0.4 is 14.8 Å². The number of benzene rings is 2. The summed E-state index contributed by atoms with van der Waals surface area (Å²) >= 11 is 0. The van der Waals surface area contributed by atoms with Crippen LogP contribution in [0.4, 0.5) is 5.69 Å². The van der Waals surface area contributed by atoms with Gasteiger partial charge in [-0.3, -0.25) is 9.78 Å². The van der Waals surface area contributed by atoms with E-state index < -0.39 is 10.0 Å². The number of unbranched alkanes of at least 4 members (excludes halogenated alkanes) is 2. The zero-order chi connectivity index (χ0) is 27.5. The number of rotatable bonds is 14. The third kappa shape index (κ3) is 8.03. The molecule has 0 spiro atoms. The van der Waals surface area contributed by atoms with E-state index in [0.29, 0.717) is 37.5 Å². The average molecular weight is 539 g/mol. The number of hydrogen-bond donors (Lipinski definition) is 1. The molecule has 2 N–H and O–H groups in total. The lowest BCUT2D eigenvalue weighted by Gasteiger charge is -2.29. The van der Waals surface area contributed by atoms with Gasteiger partial charge in [0, 0.05) is 44.6 Å². The van der Waals surface area contributed by atoms with Crippen molar-refractivity contribution in [3.05, 3.63) is 78.1 Å². The number of carbonyl (C=O) groups is 1. The smallest absolute Gasteiger partial charge is 0.253 e. The Morgan fingerprint density at radius 3 is 2.24 bits per heavy atom. The number of nitrogens with two attached hydrogens (primary N) is 1. The van der Waals surface area contributed by atoms with E-state index in [9.17, 15) is 13.2 Å². The van der Waals surface area contributed by atoms with Crippen LogP contribution in [-0.4, -0.2) is 50.9 Å². The van der Waals surface area contributed by atoms with Crippen LogP contribution in [0.5, 0.6) is 11.5 Å². The van der Waals surface area contributed by atoms with E-state index in [1.807, 2.05) is 30.3 Å². The quantitative estimate of drug-likeness (QED) is 0.301. The fourth-order valence-electron chi connectivity index (χ4n) is 4.08. The van der Waals surface area contributed by atoms with E-state index in [4.69, 9.17) is 9.88 Å². The van der Waals surface area contributed by atoms with E-state index >= 15 is 0 Å². The minimum absolute atomic E-state index is 0.139. The maximum absolute atomic E-state index is 13.5. The number of anilines is 1. The first kappa shape index (κ1) is 29.1. The number of likely N-dealkylation sites (N-methyl/N-ethyl adjacent to an activating group) is 1. The van der Waals surface area contributed by atoms with Crippen LogP contribution in [0.3, 0.4) is 0 Å². The van der Waals surface area contributed by atoms with Gasteiger partial charge in [-0.05, 0) is 55.2 Å². The van der Waals surface area contributed by atoms with Gasteiger partial charge in [0.05, 0.1) is 5.69 Å². The van der Waals surface area contributed by atoms with Crippen molar-refractivity contribution < 1.29 is 17.9 Å². The topological polar surface area (TPSA) is 106 Å². The van der Waals surface area contributed by atoms with E-state index in [-0.39, 0.29) is 22.1 Å². The van der Waals surface area contributed by atoms with Gasteiger partial charge >= 0.3 is 0 Å². The number of primary sulfonamides is 1. The Balaban J connectivity index is 2.08. The Hall–Kier alpha value is -3.43. The van der Waals surface area contributed by atoms with Gasteiger partial charge in [-0.1, -0.05) is 51.0 Å². The fraction of sp³-hybridized carbons (Fsp3) is 0.379. The van der Waals surface area contributed by atoms with Gasteiger partial charge in [0.1, 0.15) is 10.6 Å². The van der Waals surface area contributed by atoms with E-state index in [1.165, 1.54) is 6.07 Å². The Morgan fingerprint density at radius 2 is 1.66 bits per heavy atom. The number of para-hydroxylation sites is 1. The number of nitrogens with zero attached hydrogens (tertiary/aromatic N) is 3. The molecule has 3 rings (SSSR count). The van der Waals surface area contributed by atoms with Gasteiger partial charge in [-0.2, -0.15) is 0 Å². The molecule has 0 aliphatic heterocycles. The Kier molecular flexibility index (Phi) is 10.7. The van der Waals surface area contributed by atoms with Gasteiger partial charge in [0.15, 0.2) is 5.75 Å². The van der Waals surface area contributed by atoms with Crippen molar-refractivity contribution in [1.82, 2.24) is 9.88 Å². The van der Waals surface area contributed by atoms with Crippen LogP contribution in [0.25, 0.3) is 0 Å². The molecule has 0 fully saturated rings. The number of aromatic nitrogens is 1. The van der Waals surface area contributed by atoms with Crippen LogP contribution in [0, 0.1) is 0 Å². The zero-order valence-electron chi connectivity index (χ0n) is 22.5. The molecule has 0 unspecified atom stereocenters. The summed E-state index contributed by atoms with van der Waals surface area (Å²) in [4.78, 5) is 21.1. The van der Waals surface area contributed by atoms with E-state index in [2.05, 4.69) is 23.7 Å². The fourth-order valence-corrected chi connectivity index (χ4v) is 4.78. The molecule has 0 radical (unpaired) electrons. The van der Waals surface area contributed by atoms with Crippen LogP contribution in [0.1, 0.15) is 55.5 Å². The minimum atomic E-state index is -4.22. The second-order valence-corrected chi connectivity index (χ2v) is 10.8. The number of carbonyl (C=O) groups excluding carboxylic acids is 1. The molecule has 0 saturated carbocycles. The number of pyridine rings is 1. The molecule has 0 saturated heterocycles. The van der Waals surface area contributed by atoms with Crippen LogP contribution in [0.2, 0.25) is 0 Å². The monoisotopic (exact) mass is 538 g/mol. The summed E-state index contributed by atoms with van der Waals surface area (Å²) in [5.41, 5.74) is 1.80. The first-order valence-electron chi connectivity index (χ1n) is 13.1. The summed E-state index contributed by atoms with van der Waals surface area (Å²) < 4.78 is 31.9. The van der Waals surface area contributed by atoms with Gasteiger partial charge in [0.25, 0.3) is 5.91 Å². The molecule has 9 heteroatoms. The van der Waals surface area contributed by atoms with Gasteiger partial charge in [-0.25, -0.2) is 13.6 Å². The van der Waals surface area contributed by atoms with Crippen LogP contribution in [-0.2, 0) is 16.4 Å². The molecule has 0 bridgehead atoms. The average Bonchev–Trinajstić information content (AvgIpc) is 2.92. The van der Waals surface area contributed by atoms with Crippen LogP contribution in [0.15, 0.2) is 71.9 Å². The van der Waals surface area contributed by atoms with Crippen molar-refractivity contribution in [2.45, 2.75) is 50.8 Å². The van der Waals surface area contributed by atoms with Crippen molar-refractivity contribution in [2.75, 3.05) is 31.6 Å². The molecule has 1 amide bonds. The highest BCUT2D eigenvalue weighted by Gasteiger charge is 2.27. The first-order chi connectivity index (χ1) is 18.2. The molecule has 0 aliphatic carbocycles. The lowest BCUT2D eigenvalue weighted by atomic mass is 10.1. The van der Waals surface area contributed by atoms with Crippen molar-refractivity contribution in [3.63, 3.8) is 0 Å². The molecule has 0 aliphatic rings. The molecule has 8 nitrogen and oxygen atoms in total. The van der Waals surface area contributed by atoms with Crippen molar-refractivity contribution >= 4 is 21.6 Å². The zero-order valence-corrected chi connectivity index (χ0v) is 23.3. The van der Waals surface area contributed by atoms with E-state index in [0.717, 1.165) is 31.2 Å². The number of hydrogen-bond acceptors (Lipinski definition) is 6.